The molecule has 2 heterocycles. The molecule has 0 atom stereocenters. The number of rotatable bonds is 13. The highest BCUT2D eigenvalue weighted by molar-refractivity contribution is 6.16. The summed E-state index contributed by atoms with van der Waals surface area (Å²) in [5, 5.41) is 5.41. The highest BCUT2D eigenvalue weighted by atomic mass is 16.2. The number of amides is 6. The summed E-state index contributed by atoms with van der Waals surface area (Å²) < 4.78 is 0. The number of carbonyl (C=O) groups excluding carboxylic acids is 6. The molecule has 0 radical (unpaired) electrons. The molecule has 2 aliphatic rings. The Morgan fingerprint density at radius 3 is 2.00 bits per heavy atom. The molecule has 0 saturated carbocycles. The van der Waals surface area contributed by atoms with E-state index < -0.39 is 17.7 Å². The van der Waals surface area contributed by atoms with Crippen LogP contribution in [0.4, 0.5) is 0 Å². The number of hydrogen-bond acceptors (Lipinski definition) is 6. The third-order valence-electron chi connectivity index (χ3n) is 4.88. The molecule has 6 amide bonds. The average Bonchev–Trinajstić information content (AvgIpc) is 3.20. The monoisotopic (exact) mass is 432 g/mol. The largest absolute Gasteiger partial charge is 0.356 e. The predicted octanol–water partition coefficient (Wildman–Crippen LogP) is -0.200. The van der Waals surface area contributed by atoms with Gasteiger partial charge in [-0.1, -0.05) is 6.92 Å². The molecular weight excluding hydrogens is 404 g/mol. The van der Waals surface area contributed by atoms with Crippen LogP contribution in [0.2, 0.25) is 0 Å². The van der Waals surface area contributed by atoms with Crippen LogP contribution in [0.1, 0.15) is 45.4 Å². The zero-order chi connectivity index (χ0) is 22.8. The van der Waals surface area contributed by atoms with Crippen molar-refractivity contribution >= 4 is 35.4 Å². The maximum absolute atomic E-state index is 12.3. The standard InChI is InChI=1S/C21H28N4O6/c1-2-10-22-16(26)9-13-25-20(30)14-15(21(25)31)5-3-4-11-23-17(27)8-12-24-18(28)6-7-19(24)29/h6-7,14H,2-5,8-13H2,1H3,(H,22,26)(H,23,27). The number of nitrogens with one attached hydrogen (secondary N) is 2. The fourth-order valence-corrected chi connectivity index (χ4v) is 3.14. The van der Waals surface area contributed by atoms with Crippen molar-refractivity contribution in [3.05, 3.63) is 23.8 Å². The van der Waals surface area contributed by atoms with Crippen molar-refractivity contribution in [2.24, 2.45) is 0 Å². The van der Waals surface area contributed by atoms with E-state index in [1.54, 1.807) is 0 Å². The molecule has 2 aliphatic heterocycles. The van der Waals surface area contributed by atoms with Crippen LogP contribution in [0.25, 0.3) is 0 Å². The first-order chi connectivity index (χ1) is 14.8. The summed E-state index contributed by atoms with van der Waals surface area (Å²) in [5.74, 6) is -2.08. The molecule has 0 unspecified atom stereocenters. The number of carbonyl (C=O) groups is 6. The van der Waals surface area contributed by atoms with E-state index in [0.29, 0.717) is 37.9 Å². The number of imide groups is 2. The van der Waals surface area contributed by atoms with Crippen LogP contribution in [0.5, 0.6) is 0 Å². The van der Waals surface area contributed by atoms with Gasteiger partial charge in [0, 0.05) is 62.8 Å². The Bertz CT molecular complexity index is 799. The highest BCUT2D eigenvalue weighted by Gasteiger charge is 2.30. The van der Waals surface area contributed by atoms with Gasteiger partial charge < -0.3 is 10.6 Å². The molecule has 0 fully saturated rings. The molecule has 2 rings (SSSR count). The third-order valence-corrected chi connectivity index (χ3v) is 4.88. The molecule has 0 spiro atoms. The third kappa shape index (κ3) is 7.16. The van der Waals surface area contributed by atoms with Crippen molar-refractivity contribution in [3.63, 3.8) is 0 Å². The van der Waals surface area contributed by atoms with Gasteiger partial charge in [0.2, 0.25) is 11.8 Å². The second kappa shape index (κ2) is 11.8. The first-order valence-electron chi connectivity index (χ1n) is 10.5. The van der Waals surface area contributed by atoms with Gasteiger partial charge in [0.1, 0.15) is 0 Å². The lowest BCUT2D eigenvalue weighted by molar-refractivity contribution is -0.139. The minimum Gasteiger partial charge on any atom is -0.356 e. The zero-order valence-corrected chi connectivity index (χ0v) is 17.6. The van der Waals surface area contributed by atoms with Crippen molar-refractivity contribution in [1.82, 2.24) is 20.4 Å². The Balaban J connectivity index is 1.60. The fraction of sp³-hybridized carbons (Fsp3) is 0.524. The van der Waals surface area contributed by atoms with E-state index in [2.05, 4.69) is 10.6 Å². The molecule has 0 aliphatic carbocycles. The molecule has 10 nitrogen and oxygen atoms in total. The number of hydrogen-bond donors (Lipinski definition) is 2. The topological polar surface area (TPSA) is 133 Å². The van der Waals surface area contributed by atoms with Crippen molar-refractivity contribution in [2.75, 3.05) is 26.2 Å². The van der Waals surface area contributed by atoms with Gasteiger partial charge in [0.05, 0.1) is 0 Å². The first-order valence-corrected chi connectivity index (χ1v) is 10.5. The van der Waals surface area contributed by atoms with E-state index in [-0.39, 0.29) is 43.7 Å². The lowest BCUT2D eigenvalue weighted by Crippen LogP contribution is -2.35. The van der Waals surface area contributed by atoms with Gasteiger partial charge in [-0.05, 0) is 25.7 Å². The van der Waals surface area contributed by atoms with Crippen molar-refractivity contribution < 1.29 is 28.8 Å². The van der Waals surface area contributed by atoms with E-state index in [4.69, 9.17) is 0 Å². The molecule has 2 N–H and O–H groups in total. The molecule has 0 aromatic rings. The molecule has 10 heteroatoms. The SMILES string of the molecule is CCCNC(=O)CCN1C(=O)C=C(CCCCNC(=O)CCN2C(=O)C=CC2=O)C1=O. The summed E-state index contributed by atoms with van der Waals surface area (Å²) in [7, 11) is 0. The van der Waals surface area contributed by atoms with Crippen LogP contribution in [0.3, 0.4) is 0 Å². The van der Waals surface area contributed by atoms with Crippen LogP contribution in [0.15, 0.2) is 23.8 Å². The smallest absolute Gasteiger partial charge is 0.256 e. The van der Waals surface area contributed by atoms with Crippen molar-refractivity contribution in [3.8, 4) is 0 Å². The predicted molar refractivity (Wildman–Crippen MR) is 110 cm³/mol. The van der Waals surface area contributed by atoms with Gasteiger partial charge in [-0.2, -0.15) is 0 Å². The highest BCUT2D eigenvalue weighted by Crippen LogP contribution is 2.18. The van der Waals surface area contributed by atoms with Crippen LogP contribution >= 0.6 is 0 Å². The molecular formula is C21H28N4O6. The second-order valence-electron chi connectivity index (χ2n) is 7.28. The molecule has 31 heavy (non-hydrogen) atoms. The first kappa shape index (κ1) is 24.0. The summed E-state index contributed by atoms with van der Waals surface area (Å²) in [5.41, 5.74) is 0.406. The Hall–Kier alpha value is -3.30. The average molecular weight is 432 g/mol. The molecule has 0 aromatic heterocycles. The minimum absolute atomic E-state index is 0.0259. The van der Waals surface area contributed by atoms with E-state index in [9.17, 15) is 28.8 Å². The number of nitrogens with zero attached hydrogens (tertiary/aromatic N) is 2. The minimum atomic E-state index is -0.419. The van der Waals surface area contributed by atoms with Gasteiger partial charge >= 0.3 is 0 Å². The quantitative estimate of drug-likeness (QED) is 0.306. The Labute approximate surface area is 180 Å². The van der Waals surface area contributed by atoms with Gasteiger partial charge in [0.15, 0.2) is 0 Å². The maximum Gasteiger partial charge on any atom is 0.256 e. The molecule has 0 saturated heterocycles. The van der Waals surface area contributed by atoms with Crippen LogP contribution in [-0.4, -0.2) is 71.4 Å². The molecule has 168 valence electrons. The van der Waals surface area contributed by atoms with Gasteiger partial charge in [-0.25, -0.2) is 0 Å². The summed E-state index contributed by atoms with van der Waals surface area (Å²) in [6, 6.07) is 0. The van der Waals surface area contributed by atoms with Crippen LogP contribution in [-0.2, 0) is 28.8 Å². The van der Waals surface area contributed by atoms with E-state index >= 15 is 0 Å². The molecule has 0 bridgehead atoms. The second-order valence-corrected chi connectivity index (χ2v) is 7.28. The zero-order valence-electron chi connectivity index (χ0n) is 17.6. The summed E-state index contributed by atoms with van der Waals surface area (Å²) in [6.07, 6.45) is 6.18. The Morgan fingerprint density at radius 1 is 0.806 bits per heavy atom. The number of unbranched alkanes of at least 4 members (excludes halogenated alkanes) is 1. The van der Waals surface area contributed by atoms with E-state index in [0.717, 1.165) is 16.2 Å². The normalized spacial score (nSPS) is 15.7. The van der Waals surface area contributed by atoms with Crippen molar-refractivity contribution in [1.29, 1.82) is 0 Å². The Morgan fingerprint density at radius 2 is 1.39 bits per heavy atom. The van der Waals surface area contributed by atoms with Crippen LogP contribution in [0, 0.1) is 0 Å². The summed E-state index contributed by atoms with van der Waals surface area (Å²) in [6.45, 7) is 2.97. The fourth-order valence-electron chi connectivity index (χ4n) is 3.14. The lowest BCUT2D eigenvalue weighted by Gasteiger charge is -2.14. The lowest BCUT2D eigenvalue weighted by atomic mass is 10.1. The van der Waals surface area contributed by atoms with Gasteiger partial charge in [-0.15, -0.1) is 0 Å². The summed E-state index contributed by atoms with van der Waals surface area (Å²) >= 11 is 0. The van der Waals surface area contributed by atoms with E-state index in [1.165, 1.54) is 18.2 Å². The van der Waals surface area contributed by atoms with Gasteiger partial charge in [0.25, 0.3) is 23.6 Å². The summed E-state index contributed by atoms with van der Waals surface area (Å²) in [4.78, 5) is 72.8. The Kier molecular flexibility index (Phi) is 9.11. The van der Waals surface area contributed by atoms with Crippen molar-refractivity contribution in [2.45, 2.75) is 45.4 Å². The van der Waals surface area contributed by atoms with Gasteiger partial charge in [-0.3, -0.25) is 38.6 Å². The van der Waals surface area contributed by atoms with Crippen LogP contribution < -0.4 is 10.6 Å². The van der Waals surface area contributed by atoms with E-state index in [1.807, 2.05) is 6.92 Å². The molecule has 0 aromatic carbocycles. The maximum atomic E-state index is 12.3.